The van der Waals surface area contributed by atoms with Gasteiger partial charge in [0.25, 0.3) is 0 Å². The monoisotopic (exact) mass is 456 g/mol. The Bertz CT molecular complexity index is 991. The topological polar surface area (TPSA) is 81.0 Å². The molecule has 0 aliphatic rings. The Kier molecular flexibility index (Phi) is 9.73. The first kappa shape index (κ1) is 26.2. The Morgan fingerprint density at radius 3 is 2.42 bits per heavy atom. The van der Waals surface area contributed by atoms with E-state index in [1.165, 1.54) is 6.08 Å². The van der Waals surface area contributed by atoms with Gasteiger partial charge in [-0.1, -0.05) is 18.2 Å². The quantitative estimate of drug-likeness (QED) is 0.406. The maximum absolute atomic E-state index is 13.2. The van der Waals surface area contributed by atoms with E-state index in [2.05, 4.69) is 0 Å². The normalized spacial score (nSPS) is 12.1. The van der Waals surface area contributed by atoms with Gasteiger partial charge in [-0.05, 0) is 53.7 Å². The van der Waals surface area contributed by atoms with Crippen LogP contribution < -0.4 is 4.74 Å². The fraction of sp³-hybridized carbons (Fsp3) is 0.462. The molecular formula is C26H36N2O5. The summed E-state index contributed by atoms with van der Waals surface area (Å²) in [6.45, 7) is 13.1. The lowest BCUT2D eigenvalue weighted by atomic mass is 10.1. The van der Waals surface area contributed by atoms with E-state index in [1.54, 1.807) is 24.8 Å². The molecule has 0 bridgehead atoms. The number of para-hydroxylation sites is 1. The molecule has 33 heavy (non-hydrogen) atoms. The summed E-state index contributed by atoms with van der Waals surface area (Å²) in [5.41, 5.74) is 3.72. The molecule has 2 rings (SSSR count). The van der Waals surface area contributed by atoms with Crippen molar-refractivity contribution >= 4 is 18.0 Å². The number of aliphatic hydroxyl groups is 1. The Hall–Kier alpha value is -3.06. The molecule has 1 atom stereocenters. The summed E-state index contributed by atoms with van der Waals surface area (Å²) in [6.07, 6.45) is 2.43. The van der Waals surface area contributed by atoms with Crippen LogP contribution in [0.25, 0.3) is 6.08 Å². The molecule has 1 heterocycles. The molecule has 1 N–H and O–H groups in total. The molecule has 1 amide bonds. The summed E-state index contributed by atoms with van der Waals surface area (Å²) in [5.74, 6) is 0.0469. The zero-order chi connectivity index (χ0) is 24.5. The van der Waals surface area contributed by atoms with Gasteiger partial charge in [0.15, 0.2) is 0 Å². The number of aliphatic hydroxyl groups excluding tert-OH is 1. The van der Waals surface area contributed by atoms with Crippen molar-refractivity contribution in [3.63, 3.8) is 0 Å². The lowest BCUT2D eigenvalue weighted by Crippen LogP contribution is -2.35. The molecule has 7 nitrogen and oxygen atoms in total. The van der Waals surface area contributed by atoms with Gasteiger partial charge in [-0.2, -0.15) is 0 Å². The van der Waals surface area contributed by atoms with Crippen molar-refractivity contribution < 1.29 is 24.2 Å². The molecule has 2 aromatic rings. The number of aromatic nitrogens is 1. The van der Waals surface area contributed by atoms with Gasteiger partial charge in [0.05, 0.1) is 24.9 Å². The van der Waals surface area contributed by atoms with Gasteiger partial charge in [0.1, 0.15) is 5.75 Å². The van der Waals surface area contributed by atoms with Crippen LogP contribution in [-0.2, 0) is 22.6 Å². The summed E-state index contributed by atoms with van der Waals surface area (Å²) in [7, 11) is 0. The van der Waals surface area contributed by atoms with E-state index < -0.39 is 12.1 Å². The number of benzene rings is 1. The van der Waals surface area contributed by atoms with E-state index in [0.29, 0.717) is 36.6 Å². The van der Waals surface area contributed by atoms with Gasteiger partial charge < -0.3 is 24.0 Å². The summed E-state index contributed by atoms with van der Waals surface area (Å²) >= 11 is 0. The third-order valence-electron chi connectivity index (χ3n) is 5.45. The van der Waals surface area contributed by atoms with Crippen LogP contribution in [0.3, 0.4) is 0 Å². The zero-order valence-corrected chi connectivity index (χ0v) is 20.6. The average molecular weight is 457 g/mol. The summed E-state index contributed by atoms with van der Waals surface area (Å²) in [4.78, 5) is 27.4. The van der Waals surface area contributed by atoms with Crippen LogP contribution in [0, 0.1) is 13.8 Å². The molecule has 0 unspecified atom stereocenters. The first-order valence-electron chi connectivity index (χ1n) is 11.5. The minimum atomic E-state index is -0.693. The number of carbonyl (C=O) groups excluding carboxylic acids is 2. The maximum atomic E-state index is 13.2. The van der Waals surface area contributed by atoms with E-state index >= 15 is 0 Å². The van der Waals surface area contributed by atoms with Crippen molar-refractivity contribution in [1.29, 1.82) is 0 Å². The SMILES string of the molecule is CCOC(=O)c1c(/C=C/C(=O)N(Cc2ccccc2OCC)C[C@@H](C)O)c(C)n(CC)c1C. The van der Waals surface area contributed by atoms with Crippen LogP contribution in [0.1, 0.15) is 60.6 Å². The minimum Gasteiger partial charge on any atom is -0.494 e. The molecule has 180 valence electrons. The highest BCUT2D eigenvalue weighted by atomic mass is 16.5. The average Bonchev–Trinajstić information content (AvgIpc) is 3.01. The van der Waals surface area contributed by atoms with Gasteiger partial charge in [-0.15, -0.1) is 0 Å². The van der Waals surface area contributed by atoms with E-state index in [0.717, 1.165) is 17.0 Å². The zero-order valence-electron chi connectivity index (χ0n) is 20.6. The number of carbonyl (C=O) groups is 2. The molecule has 0 fully saturated rings. The highest BCUT2D eigenvalue weighted by molar-refractivity contribution is 5.98. The second-order valence-electron chi connectivity index (χ2n) is 7.87. The number of rotatable bonds is 11. The molecule has 0 spiro atoms. The summed E-state index contributed by atoms with van der Waals surface area (Å²) in [5, 5.41) is 9.99. The molecular weight excluding hydrogens is 420 g/mol. The predicted octanol–water partition coefficient (Wildman–Crippen LogP) is 4.12. The van der Waals surface area contributed by atoms with Gasteiger partial charge >= 0.3 is 5.97 Å². The lowest BCUT2D eigenvalue weighted by molar-refractivity contribution is -0.127. The van der Waals surface area contributed by atoms with Crippen molar-refractivity contribution in [2.75, 3.05) is 19.8 Å². The number of hydrogen-bond donors (Lipinski definition) is 1. The van der Waals surface area contributed by atoms with Crippen LogP contribution in [0.15, 0.2) is 30.3 Å². The smallest absolute Gasteiger partial charge is 0.340 e. The number of nitrogens with zero attached hydrogens (tertiary/aromatic N) is 2. The van der Waals surface area contributed by atoms with Gasteiger partial charge in [-0.3, -0.25) is 4.79 Å². The van der Waals surface area contributed by atoms with Crippen LogP contribution in [0.2, 0.25) is 0 Å². The van der Waals surface area contributed by atoms with Crippen LogP contribution >= 0.6 is 0 Å². The maximum Gasteiger partial charge on any atom is 0.340 e. The summed E-state index contributed by atoms with van der Waals surface area (Å²) < 4.78 is 13.0. The standard InChI is InChI=1S/C26H36N2O5/c1-7-28-19(5)22(25(20(28)6)26(31)33-9-3)14-15-24(30)27(16-18(4)29)17-21-12-10-11-13-23(21)32-8-2/h10-15,18,29H,7-9,16-17H2,1-6H3/b15-14+/t18-/m1/s1. The highest BCUT2D eigenvalue weighted by Gasteiger charge is 2.23. The second kappa shape index (κ2) is 12.3. The van der Waals surface area contributed by atoms with Crippen LogP contribution in [0.4, 0.5) is 0 Å². The second-order valence-corrected chi connectivity index (χ2v) is 7.87. The molecule has 1 aromatic heterocycles. The van der Waals surface area contributed by atoms with Crippen LogP contribution in [-0.4, -0.2) is 52.3 Å². The molecule has 0 aliphatic heterocycles. The molecule has 0 radical (unpaired) electrons. The molecule has 0 saturated heterocycles. The molecule has 7 heteroatoms. The Labute approximate surface area is 196 Å². The lowest BCUT2D eigenvalue weighted by Gasteiger charge is -2.24. The van der Waals surface area contributed by atoms with Crippen molar-refractivity contribution in [2.45, 2.75) is 60.7 Å². The summed E-state index contributed by atoms with van der Waals surface area (Å²) in [6, 6.07) is 7.55. The van der Waals surface area contributed by atoms with E-state index in [-0.39, 0.29) is 19.1 Å². The third-order valence-corrected chi connectivity index (χ3v) is 5.45. The molecule has 1 aromatic carbocycles. The van der Waals surface area contributed by atoms with E-state index in [1.807, 2.05) is 56.5 Å². The molecule has 0 aliphatic carbocycles. The van der Waals surface area contributed by atoms with Crippen molar-refractivity contribution in [1.82, 2.24) is 9.47 Å². The first-order chi connectivity index (χ1) is 15.7. The predicted molar refractivity (Wildman–Crippen MR) is 129 cm³/mol. The van der Waals surface area contributed by atoms with E-state index in [9.17, 15) is 14.7 Å². The fourth-order valence-electron chi connectivity index (χ4n) is 3.99. The van der Waals surface area contributed by atoms with E-state index in [4.69, 9.17) is 9.47 Å². The Morgan fingerprint density at radius 2 is 1.82 bits per heavy atom. The number of esters is 1. The first-order valence-corrected chi connectivity index (χ1v) is 11.5. The Balaban J connectivity index is 2.38. The highest BCUT2D eigenvalue weighted by Crippen LogP contribution is 2.25. The number of hydrogen-bond acceptors (Lipinski definition) is 5. The van der Waals surface area contributed by atoms with Crippen molar-refractivity contribution in [3.8, 4) is 5.75 Å². The largest absolute Gasteiger partial charge is 0.494 e. The van der Waals surface area contributed by atoms with Crippen molar-refractivity contribution in [3.05, 3.63) is 58.4 Å². The van der Waals surface area contributed by atoms with Gasteiger partial charge in [-0.25, -0.2) is 4.79 Å². The van der Waals surface area contributed by atoms with Crippen molar-refractivity contribution in [2.24, 2.45) is 0 Å². The van der Waals surface area contributed by atoms with Gasteiger partial charge in [0.2, 0.25) is 5.91 Å². The number of ether oxygens (including phenoxy) is 2. The van der Waals surface area contributed by atoms with Crippen LogP contribution in [0.5, 0.6) is 5.75 Å². The molecule has 0 saturated carbocycles. The minimum absolute atomic E-state index is 0.169. The van der Waals surface area contributed by atoms with Gasteiger partial charge in [0, 0.05) is 48.2 Å². The Morgan fingerprint density at radius 1 is 1.12 bits per heavy atom. The fourth-order valence-corrected chi connectivity index (χ4v) is 3.99. The number of amides is 1. The third kappa shape index (κ3) is 6.48.